The number of halogens is 1. The van der Waals surface area contributed by atoms with Gasteiger partial charge in [0.25, 0.3) is 0 Å². The second-order valence-electron chi connectivity index (χ2n) is 6.04. The van der Waals surface area contributed by atoms with E-state index in [4.69, 9.17) is 16.3 Å². The summed E-state index contributed by atoms with van der Waals surface area (Å²) in [5.74, 6) is -0.299. The summed E-state index contributed by atoms with van der Waals surface area (Å²) < 4.78 is 11.2. The minimum atomic E-state index is -0.241. The van der Waals surface area contributed by atoms with Crippen molar-refractivity contribution >= 4 is 45.0 Å². The Morgan fingerprint density at radius 1 is 1.48 bits per heavy atom. The zero-order valence-electron chi connectivity index (χ0n) is 13.9. The Balaban J connectivity index is 1.63. The van der Waals surface area contributed by atoms with Crippen LogP contribution >= 0.6 is 23.1 Å². The number of nitrogens with one attached hydrogen (secondary N) is 1. The highest BCUT2D eigenvalue weighted by atomic mass is 35.5. The third kappa shape index (κ3) is 4.29. The number of fused-ring (bicyclic) bond motifs is 1. The molecule has 0 bridgehead atoms. The molecular weight excluding hydrogens is 362 g/mol. The highest BCUT2D eigenvalue weighted by Gasteiger charge is 2.29. The van der Waals surface area contributed by atoms with E-state index < -0.39 is 0 Å². The summed E-state index contributed by atoms with van der Waals surface area (Å²) in [7, 11) is 0. The smallest absolute Gasteiger partial charge is 0.235 e. The molecule has 0 spiro atoms. The molecule has 25 heavy (non-hydrogen) atoms. The summed E-state index contributed by atoms with van der Waals surface area (Å²) >= 11 is 6.93. The average molecular weight is 382 g/mol. The second kappa shape index (κ2) is 8.12. The first-order valence-corrected chi connectivity index (χ1v) is 9.47. The maximum Gasteiger partial charge on any atom is 0.235 e. The van der Waals surface area contributed by atoms with Crippen LogP contribution in [0.1, 0.15) is 12.6 Å². The van der Waals surface area contributed by atoms with Crippen molar-refractivity contribution in [2.24, 2.45) is 0 Å². The van der Waals surface area contributed by atoms with Crippen LogP contribution in [0.4, 0.5) is 0 Å². The van der Waals surface area contributed by atoms with Crippen LogP contribution in [-0.4, -0.2) is 58.8 Å². The summed E-state index contributed by atoms with van der Waals surface area (Å²) in [5.41, 5.74) is 0.817. The summed E-state index contributed by atoms with van der Waals surface area (Å²) in [5, 5.41) is 3.82. The molecule has 134 valence electrons. The van der Waals surface area contributed by atoms with E-state index >= 15 is 0 Å². The van der Waals surface area contributed by atoms with Gasteiger partial charge in [-0.1, -0.05) is 18.2 Å². The number of hydrogen-bond donors (Lipinski definition) is 1. The number of benzene rings is 1. The lowest BCUT2D eigenvalue weighted by Crippen LogP contribution is -2.54. The topological polar surface area (TPSA) is 71.5 Å². The van der Waals surface area contributed by atoms with Crippen LogP contribution < -0.4 is 5.32 Å². The number of rotatable bonds is 5. The number of amides is 2. The van der Waals surface area contributed by atoms with E-state index in [1.807, 2.05) is 31.2 Å². The first-order chi connectivity index (χ1) is 12.1. The molecule has 2 heterocycles. The molecule has 1 N–H and O–H groups in total. The molecule has 8 heteroatoms. The monoisotopic (exact) mass is 381 g/mol. The standard InChI is InChI=1S/C17H20ClN3O3S/c1-11(19-16(22)9-18)14-10-21(6-7-24-14)17(23)8-13-12-4-2-3-5-15(12)25-20-13/h2-5,11,14H,6-10H2,1H3,(H,19,22). The van der Waals surface area contributed by atoms with Crippen LogP contribution in [0.5, 0.6) is 0 Å². The van der Waals surface area contributed by atoms with Gasteiger partial charge in [-0.15, -0.1) is 11.6 Å². The van der Waals surface area contributed by atoms with Crippen LogP contribution in [0.25, 0.3) is 10.1 Å². The van der Waals surface area contributed by atoms with Gasteiger partial charge in [0.2, 0.25) is 11.8 Å². The molecule has 0 aliphatic carbocycles. The third-order valence-corrected chi connectivity index (χ3v) is 5.39. The van der Waals surface area contributed by atoms with Crippen LogP contribution in [0.2, 0.25) is 0 Å². The Morgan fingerprint density at radius 2 is 2.28 bits per heavy atom. The minimum Gasteiger partial charge on any atom is -0.372 e. The molecule has 1 saturated heterocycles. The predicted octanol–water partition coefficient (Wildman–Crippen LogP) is 1.81. The van der Waals surface area contributed by atoms with E-state index in [1.165, 1.54) is 11.5 Å². The Kier molecular flexibility index (Phi) is 5.88. The van der Waals surface area contributed by atoms with Crippen molar-refractivity contribution in [1.82, 2.24) is 14.6 Å². The van der Waals surface area contributed by atoms with Crippen molar-refractivity contribution < 1.29 is 14.3 Å². The van der Waals surface area contributed by atoms with E-state index in [-0.39, 0.29) is 36.3 Å². The van der Waals surface area contributed by atoms with Crippen LogP contribution in [-0.2, 0) is 20.7 Å². The predicted molar refractivity (Wildman–Crippen MR) is 98.0 cm³/mol. The molecule has 1 aromatic carbocycles. The first kappa shape index (κ1) is 18.1. The Morgan fingerprint density at radius 3 is 3.08 bits per heavy atom. The normalized spacial score (nSPS) is 19.0. The molecule has 6 nitrogen and oxygen atoms in total. The largest absolute Gasteiger partial charge is 0.372 e. The Bertz CT molecular complexity index is 766. The van der Waals surface area contributed by atoms with Crippen molar-refractivity contribution in [2.75, 3.05) is 25.6 Å². The van der Waals surface area contributed by atoms with E-state index in [9.17, 15) is 9.59 Å². The number of nitrogens with zero attached hydrogens (tertiary/aromatic N) is 2. The first-order valence-electron chi connectivity index (χ1n) is 8.16. The fourth-order valence-corrected chi connectivity index (χ4v) is 3.78. The van der Waals surface area contributed by atoms with Crippen molar-refractivity contribution in [3.63, 3.8) is 0 Å². The van der Waals surface area contributed by atoms with Gasteiger partial charge in [0.15, 0.2) is 0 Å². The quantitative estimate of drug-likeness (QED) is 0.802. The molecule has 2 unspecified atom stereocenters. The lowest BCUT2D eigenvalue weighted by molar-refractivity contribution is -0.139. The van der Waals surface area contributed by atoms with Crippen molar-refractivity contribution in [3.05, 3.63) is 30.0 Å². The van der Waals surface area contributed by atoms with E-state index in [2.05, 4.69) is 9.69 Å². The van der Waals surface area contributed by atoms with Gasteiger partial charge in [-0.2, -0.15) is 4.37 Å². The van der Waals surface area contributed by atoms with Gasteiger partial charge in [0, 0.05) is 18.5 Å². The number of ether oxygens (including phenoxy) is 1. The minimum absolute atomic E-state index is 0.0280. The van der Waals surface area contributed by atoms with Gasteiger partial charge in [0.1, 0.15) is 5.88 Å². The van der Waals surface area contributed by atoms with E-state index in [0.29, 0.717) is 19.7 Å². The van der Waals surface area contributed by atoms with Crippen LogP contribution in [0.15, 0.2) is 24.3 Å². The van der Waals surface area contributed by atoms with Gasteiger partial charge in [-0.3, -0.25) is 9.59 Å². The molecule has 2 atom stereocenters. The van der Waals surface area contributed by atoms with Crippen molar-refractivity contribution in [3.8, 4) is 0 Å². The third-order valence-electron chi connectivity index (χ3n) is 4.28. The van der Waals surface area contributed by atoms with Crippen molar-refractivity contribution in [1.29, 1.82) is 0 Å². The molecular formula is C17H20ClN3O3S. The Hall–Kier alpha value is -1.70. The molecule has 2 amide bonds. The molecule has 1 aromatic heterocycles. The number of hydrogen-bond acceptors (Lipinski definition) is 5. The van der Waals surface area contributed by atoms with Crippen molar-refractivity contribution in [2.45, 2.75) is 25.5 Å². The number of carbonyl (C=O) groups excluding carboxylic acids is 2. The van der Waals surface area contributed by atoms with Gasteiger partial charge in [-0.05, 0) is 24.5 Å². The van der Waals surface area contributed by atoms with E-state index in [0.717, 1.165) is 15.8 Å². The maximum absolute atomic E-state index is 12.7. The molecule has 0 radical (unpaired) electrons. The zero-order chi connectivity index (χ0) is 17.8. The zero-order valence-corrected chi connectivity index (χ0v) is 15.5. The lowest BCUT2D eigenvalue weighted by Gasteiger charge is -2.36. The maximum atomic E-state index is 12.7. The molecule has 1 aliphatic rings. The number of aromatic nitrogens is 1. The average Bonchev–Trinajstić information content (AvgIpc) is 3.04. The van der Waals surface area contributed by atoms with Crippen LogP contribution in [0, 0.1) is 0 Å². The van der Waals surface area contributed by atoms with Gasteiger partial charge in [0.05, 0.1) is 35.6 Å². The summed E-state index contributed by atoms with van der Waals surface area (Å²) in [6.45, 7) is 3.31. The molecule has 3 rings (SSSR count). The van der Waals surface area contributed by atoms with E-state index in [1.54, 1.807) is 4.90 Å². The number of alkyl halides is 1. The fraction of sp³-hybridized carbons (Fsp3) is 0.471. The number of morpholine rings is 1. The SMILES string of the molecule is CC(NC(=O)CCl)C1CN(C(=O)Cc2nsc3ccccc23)CCO1. The summed E-state index contributed by atoms with van der Waals surface area (Å²) in [6.07, 6.45) is 0.0381. The Labute approximate surface area is 155 Å². The van der Waals surface area contributed by atoms with Gasteiger partial charge in [-0.25, -0.2) is 0 Å². The lowest BCUT2D eigenvalue weighted by atomic mass is 10.1. The number of carbonyl (C=O) groups is 2. The molecule has 1 fully saturated rings. The molecule has 2 aromatic rings. The van der Waals surface area contributed by atoms with Gasteiger partial charge >= 0.3 is 0 Å². The second-order valence-corrected chi connectivity index (χ2v) is 7.11. The molecule has 1 aliphatic heterocycles. The highest BCUT2D eigenvalue weighted by Crippen LogP contribution is 2.23. The fourth-order valence-electron chi connectivity index (χ4n) is 2.91. The van der Waals surface area contributed by atoms with Gasteiger partial charge < -0.3 is 15.0 Å². The highest BCUT2D eigenvalue weighted by molar-refractivity contribution is 7.13. The summed E-state index contributed by atoms with van der Waals surface area (Å²) in [4.78, 5) is 25.9. The molecule has 0 saturated carbocycles. The van der Waals surface area contributed by atoms with Crippen LogP contribution in [0.3, 0.4) is 0 Å². The summed E-state index contributed by atoms with van der Waals surface area (Å²) in [6, 6.07) is 7.72.